The number of carboxylic acid groups (broad SMARTS) is 1. The van der Waals surface area contributed by atoms with Crippen LogP contribution in [0.1, 0.15) is 27.2 Å². The third-order valence-electron chi connectivity index (χ3n) is 5.61. The van der Waals surface area contributed by atoms with Gasteiger partial charge in [-0.1, -0.05) is 0 Å². The highest BCUT2D eigenvalue weighted by atomic mass is 16.6. The summed E-state index contributed by atoms with van der Waals surface area (Å²) in [6.07, 6.45) is 0.259. The zero-order valence-electron chi connectivity index (χ0n) is 18.8. The fourth-order valence-corrected chi connectivity index (χ4v) is 4.05. The number of aromatic nitrogens is 1. The highest BCUT2D eigenvalue weighted by Crippen LogP contribution is 2.34. The smallest absolute Gasteiger partial charge is 0.416 e. The molecule has 0 radical (unpaired) electrons. The molecule has 0 bridgehead atoms. The first-order valence-electron chi connectivity index (χ1n) is 10.8. The number of carbonyl (C=O) groups is 4. The van der Waals surface area contributed by atoms with Gasteiger partial charge in [-0.05, 0) is 39.0 Å². The number of piperazine rings is 1. The van der Waals surface area contributed by atoms with Crippen LogP contribution in [0.25, 0.3) is 10.9 Å². The molecule has 176 valence electrons. The maximum Gasteiger partial charge on any atom is 0.416 e. The molecule has 2 fully saturated rings. The molecule has 2 aliphatic rings. The monoisotopic (exact) mass is 457 g/mol. The molecule has 2 saturated heterocycles. The van der Waals surface area contributed by atoms with Crippen LogP contribution >= 0.6 is 0 Å². The summed E-state index contributed by atoms with van der Waals surface area (Å²) in [5.74, 6) is -0.321. The Morgan fingerprint density at radius 3 is 2.36 bits per heavy atom. The molecule has 33 heavy (non-hydrogen) atoms. The Balaban J connectivity index is 1.61. The Bertz CT molecular complexity index is 1130. The number of anilines is 2. The van der Waals surface area contributed by atoms with Crippen LogP contribution in [0.5, 0.6) is 0 Å². The van der Waals surface area contributed by atoms with Gasteiger partial charge in [0.05, 0.1) is 11.2 Å². The van der Waals surface area contributed by atoms with E-state index in [4.69, 9.17) is 4.74 Å². The lowest BCUT2D eigenvalue weighted by molar-refractivity contribution is -0.120. The molecular weight excluding hydrogens is 430 g/mol. The molecule has 0 unspecified atom stereocenters. The number of nitrogens with zero attached hydrogens (tertiary/aromatic N) is 4. The third-order valence-corrected chi connectivity index (χ3v) is 5.61. The van der Waals surface area contributed by atoms with Gasteiger partial charge in [-0.2, -0.15) is 0 Å². The second-order valence-corrected chi connectivity index (χ2v) is 9.08. The van der Waals surface area contributed by atoms with Crippen LogP contribution in [-0.2, 0) is 9.53 Å². The van der Waals surface area contributed by atoms with Crippen molar-refractivity contribution >= 4 is 46.4 Å². The lowest BCUT2D eigenvalue weighted by Crippen LogP contribution is -2.50. The average Bonchev–Trinajstić information content (AvgIpc) is 3.12. The van der Waals surface area contributed by atoms with Gasteiger partial charge < -0.3 is 19.6 Å². The lowest BCUT2D eigenvalue weighted by atomic mass is 10.1. The maximum absolute atomic E-state index is 12.4. The first-order chi connectivity index (χ1) is 15.5. The van der Waals surface area contributed by atoms with Crippen molar-refractivity contribution in [2.45, 2.75) is 32.8 Å². The van der Waals surface area contributed by atoms with E-state index in [-0.39, 0.29) is 25.0 Å². The van der Waals surface area contributed by atoms with Crippen LogP contribution in [0.3, 0.4) is 0 Å². The molecule has 4 amide bonds. The quantitative estimate of drug-likeness (QED) is 0.710. The maximum atomic E-state index is 12.4. The zero-order chi connectivity index (χ0) is 23.9. The van der Waals surface area contributed by atoms with Crippen LogP contribution in [0.4, 0.5) is 25.8 Å². The van der Waals surface area contributed by atoms with Gasteiger partial charge >= 0.3 is 18.2 Å². The molecular formula is C22H27N5O6. The van der Waals surface area contributed by atoms with E-state index in [0.717, 1.165) is 4.57 Å². The highest BCUT2D eigenvalue weighted by Gasteiger charge is 2.29. The molecule has 1 aromatic heterocycles. The highest BCUT2D eigenvalue weighted by molar-refractivity contribution is 6.07. The van der Waals surface area contributed by atoms with Gasteiger partial charge in [-0.25, -0.2) is 14.4 Å². The minimum atomic E-state index is -1.12. The summed E-state index contributed by atoms with van der Waals surface area (Å²) in [5.41, 5.74) is 1.19. The molecule has 0 saturated carbocycles. The summed E-state index contributed by atoms with van der Waals surface area (Å²) in [4.78, 5) is 53.1. The first-order valence-corrected chi connectivity index (χ1v) is 10.8. The molecule has 11 nitrogen and oxygen atoms in total. The molecule has 3 heterocycles. The van der Waals surface area contributed by atoms with E-state index in [0.29, 0.717) is 48.5 Å². The molecule has 1 aromatic carbocycles. The SMILES string of the molecule is CC(C)(C)OC(=O)N1CCN(c2cn(C(=O)O)c3ccc(N4CCC(=O)NC4=O)cc23)CC1. The number of hydrogen-bond acceptors (Lipinski definition) is 6. The fraction of sp³-hybridized carbons (Fsp3) is 0.455. The van der Waals surface area contributed by atoms with Crippen LogP contribution in [-0.4, -0.2) is 77.0 Å². The first kappa shape index (κ1) is 22.4. The van der Waals surface area contributed by atoms with Gasteiger partial charge in [0.1, 0.15) is 5.60 Å². The summed E-state index contributed by atoms with van der Waals surface area (Å²) in [7, 11) is 0. The second kappa shape index (κ2) is 8.30. The predicted molar refractivity (Wildman–Crippen MR) is 121 cm³/mol. The van der Waals surface area contributed by atoms with Crippen LogP contribution in [0, 0.1) is 0 Å². The largest absolute Gasteiger partial charge is 0.464 e. The van der Waals surface area contributed by atoms with Crippen molar-refractivity contribution in [3.05, 3.63) is 24.4 Å². The second-order valence-electron chi connectivity index (χ2n) is 9.08. The summed E-state index contributed by atoms with van der Waals surface area (Å²) in [6, 6.07) is 4.58. The normalized spacial score (nSPS) is 17.4. The molecule has 11 heteroatoms. The lowest BCUT2D eigenvalue weighted by Gasteiger charge is -2.36. The van der Waals surface area contributed by atoms with Crippen LogP contribution in [0.2, 0.25) is 0 Å². The average molecular weight is 457 g/mol. The van der Waals surface area contributed by atoms with E-state index in [2.05, 4.69) is 5.32 Å². The minimum Gasteiger partial charge on any atom is -0.464 e. The van der Waals surface area contributed by atoms with Gasteiger partial charge in [-0.3, -0.25) is 19.6 Å². The fourth-order valence-electron chi connectivity index (χ4n) is 4.05. The number of benzene rings is 1. The van der Waals surface area contributed by atoms with Gasteiger partial charge in [0.2, 0.25) is 5.91 Å². The molecule has 0 aliphatic carbocycles. The van der Waals surface area contributed by atoms with Crippen molar-refractivity contribution in [1.82, 2.24) is 14.8 Å². The van der Waals surface area contributed by atoms with Crippen molar-refractivity contribution < 1.29 is 29.0 Å². The Morgan fingerprint density at radius 1 is 1.06 bits per heavy atom. The van der Waals surface area contributed by atoms with Crippen molar-refractivity contribution in [2.75, 3.05) is 42.5 Å². The van der Waals surface area contributed by atoms with Gasteiger partial charge in [0.15, 0.2) is 0 Å². The van der Waals surface area contributed by atoms with E-state index in [9.17, 15) is 24.3 Å². The summed E-state index contributed by atoms with van der Waals surface area (Å²) < 4.78 is 6.59. The minimum absolute atomic E-state index is 0.194. The van der Waals surface area contributed by atoms with E-state index in [1.165, 1.54) is 4.90 Å². The summed E-state index contributed by atoms with van der Waals surface area (Å²) in [6.45, 7) is 7.57. The number of hydrogen-bond donors (Lipinski definition) is 2. The Labute approximate surface area is 190 Å². The molecule has 2 aliphatic heterocycles. The molecule has 0 spiro atoms. The van der Waals surface area contributed by atoms with Gasteiger partial charge in [0, 0.05) is 56.4 Å². The number of fused-ring (bicyclic) bond motifs is 1. The van der Waals surface area contributed by atoms with Crippen molar-refractivity contribution in [3.63, 3.8) is 0 Å². The molecule has 0 atom stereocenters. The summed E-state index contributed by atoms with van der Waals surface area (Å²) >= 11 is 0. The third kappa shape index (κ3) is 4.57. The number of ether oxygens (including phenoxy) is 1. The van der Waals surface area contributed by atoms with Gasteiger partial charge in [0.25, 0.3) is 0 Å². The Kier molecular flexibility index (Phi) is 5.64. The van der Waals surface area contributed by atoms with Crippen molar-refractivity contribution in [2.24, 2.45) is 0 Å². The molecule has 2 N–H and O–H groups in total. The Morgan fingerprint density at radius 2 is 1.76 bits per heavy atom. The van der Waals surface area contributed by atoms with E-state index < -0.39 is 17.7 Å². The van der Waals surface area contributed by atoms with Crippen LogP contribution in [0.15, 0.2) is 24.4 Å². The molecule has 4 rings (SSSR count). The number of nitrogens with one attached hydrogen (secondary N) is 1. The summed E-state index contributed by atoms with van der Waals surface area (Å²) in [5, 5.41) is 12.6. The predicted octanol–water partition coefficient (Wildman–Crippen LogP) is 2.67. The van der Waals surface area contributed by atoms with Gasteiger partial charge in [-0.15, -0.1) is 0 Å². The Hall–Kier alpha value is -3.76. The number of rotatable bonds is 2. The van der Waals surface area contributed by atoms with Crippen LogP contribution < -0.4 is 15.1 Å². The standard InChI is InChI=1S/C22H27N5O6/c1-22(2,3)33-21(32)25-10-8-24(9-11-25)17-13-27(20(30)31)16-5-4-14(12-15(16)17)26-7-6-18(28)23-19(26)29/h4-5,12-13H,6-11H2,1-3H3,(H,30,31)(H,23,28,29). The molecule has 2 aromatic rings. The number of imide groups is 1. The number of carbonyl (C=O) groups excluding carboxylic acids is 3. The zero-order valence-corrected chi connectivity index (χ0v) is 18.8. The van der Waals surface area contributed by atoms with Crippen molar-refractivity contribution in [3.8, 4) is 0 Å². The number of urea groups is 1. The topological polar surface area (TPSA) is 124 Å². The van der Waals surface area contributed by atoms with E-state index >= 15 is 0 Å². The van der Waals surface area contributed by atoms with E-state index in [1.807, 2.05) is 25.7 Å². The number of amides is 4. The van der Waals surface area contributed by atoms with Crippen molar-refractivity contribution in [1.29, 1.82) is 0 Å². The van der Waals surface area contributed by atoms with E-state index in [1.54, 1.807) is 29.3 Å².